The van der Waals surface area contributed by atoms with Crippen LogP contribution in [-0.2, 0) is 16.1 Å². The predicted octanol–water partition coefficient (Wildman–Crippen LogP) is 4.42. The second-order valence-electron chi connectivity index (χ2n) is 6.28. The van der Waals surface area contributed by atoms with Crippen molar-refractivity contribution in [3.63, 3.8) is 0 Å². The fourth-order valence-electron chi connectivity index (χ4n) is 2.68. The standard InChI is InChI=1S/C20H20ClFN4O2S/c1-13-4-3-5-14(10-13)19-24-25-20(26(19)8-9-28-2)29-12-18(27)23-17-7-6-15(21)11-16(17)22/h3-7,10-11H,8-9,12H2,1-2H3,(H,23,27). The van der Waals surface area contributed by atoms with E-state index in [1.54, 1.807) is 7.11 Å². The number of halogens is 2. The van der Waals surface area contributed by atoms with E-state index in [1.807, 2.05) is 35.8 Å². The number of amides is 1. The smallest absolute Gasteiger partial charge is 0.234 e. The number of thioether (sulfide) groups is 1. The number of carbonyl (C=O) groups excluding carboxylic acids is 1. The van der Waals surface area contributed by atoms with Gasteiger partial charge >= 0.3 is 0 Å². The van der Waals surface area contributed by atoms with Crippen LogP contribution in [0.1, 0.15) is 5.56 Å². The summed E-state index contributed by atoms with van der Waals surface area (Å²) < 4.78 is 21.0. The number of ether oxygens (including phenoxy) is 1. The minimum Gasteiger partial charge on any atom is -0.383 e. The number of methoxy groups -OCH3 is 1. The van der Waals surface area contributed by atoms with Crippen LogP contribution in [-0.4, -0.2) is 40.1 Å². The van der Waals surface area contributed by atoms with E-state index in [9.17, 15) is 9.18 Å². The van der Waals surface area contributed by atoms with Gasteiger partial charge in [0.15, 0.2) is 11.0 Å². The summed E-state index contributed by atoms with van der Waals surface area (Å²) in [5.41, 5.74) is 2.14. The van der Waals surface area contributed by atoms with Gasteiger partial charge in [0.05, 0.1) is 24.6 Å². The highest BCUT2D eigenvalue weighted by atomic mass is 35.5. The van der Waals surface area contributed by atoms with Crippen molar-refractivity contribution >= 4 is 35.0 Å². The van der Waals surface area contributed by atoms with Crippen molar-refractivity contribution in [2.75, 3.05) is 24.8 Å². The maximum absolute atomic E-state index is 13.9. The summed E-state index contributed by atoms with van der Waals surface area (Å²) in [4.78, 5) is 12.3. The Kier molecular flexibility index (Phi) is 7.24. The number of benzene rings is 2. The van der Waals surface area contributed by atoms with Gasteiger partial charge < -0.3 is 10.1 Å². The molecule has 9 heteroatoms. The second kappa shape index (κ2) is 9.87. The normalized spacial score (nSPS) is 10.9. The van der Waals surface area contributed by atoms with Crippen LogP contribution < -0.4 is 5.32 Å². The van der Waals surface area contributed by atoms with Crippen LogP contribution in [0.15, 0.2) is 47.6 Å². The number of aromatic nitrogens is 3. The molecule has 0 unspecified atom stereocenters. The average Bonchev–Trinajstić information content (AvgIpc) is 3.09. The van der Waals surface area contributed by atoms with Gasteiger partial charge in [0, 0.05) is 17.7 Å². The largest absolute Gasteiger partial charge is 0.383 e. The van der Waals surface area contributed by atoms with E-state index in [1.165, 1.54) is 23.9 Å². The topological polar surface area (TPSA) is 69.0 Å². The summed E-state index contributed by atoms with van der Waals surface area (Å²) in [6.07, 6.45) is 0. The molecule has 0 aliphatic heterocycles. The number of aryl methyl sites for hydroxylation is 1. The van der Waals surface area contributed by atoms with Gasteiger partial charge in [-0.25, -0.2) is 4.39 Å². The molecule has 0 saturated heterocycles. The van der Waals surface area contributed by atoms with Gasteiger partial charge in [-0.2, -0.15) is 0 Å². The molecule has 0 spiro atoms. The quantitative estimate of drug-likeness (QED) is 0.531. The highest BCUT2D eigenvalue weighted by Gasteiger charge is 2.16. The molecule has 0 aliphatic rings. The van der Waals surface area contributed by atoms with Crippen LogP contribution in [0.3, 0.4) is 0 Å². The summed E-state index contributed by atoms with van der Waals surface area (Å²) in [5.74, 6) is -0.172. The van der Waals surface area contributed by atoms with Crippen molar-refractivity contribution in [2.45, 2.75) is 18.6 Å². The van der Waals surface area contributed by atoms with Crippen molar-refractivity contribution in [3.8, 4) is 11.4 Å². The van der Waals surface area contributed by atoms with Gasteiger partial charge in [0.1, 0.15) is 5.82 Å². The number of nitrogens with one attached hydrogen (secondary N) is 1. The van der Waals surface area contributed by atoms with Gasteiger partial charge in [-0.05, 0) is 31.2 Å². The van der Waals surface area contributed by atoms with E-state index in [-0.39, 0.29) is 22.4 Å². The van der Waals surface area contributed by atoms with Gasteiger partial charge in [-0.1, -0.05) is 47.1 Å². The third-order valence-electron chi connectivity index (χ3n) is 4.05. The van der Waals surface area contributed by atoms with Gasteiger partial charge in [-0.3, -0.25) is 9.36 Å². The zero-order valence-corrected chi connectivity index (χ0v) is 17.6. The lowest BCUT2D eigenvalue weighted by Gasteiger charge is -2.10. The van der Waals surface area contributed by atoms with Gasteiger partial charge in [0.25, 0.3) is 0 Å². The van der Waals surface area contributed by atoms with E-state index < -0.39 is 5.82 Å². The molecule has 1 amide bonds. The molecule has 0 radical (unpaired) electrons. The van der Waals surface area contributed by atoms with Gasteiger partial charge in [-0.15, -0.1) is 10.2 Å². The van der Waals surface area contributed by atoms with E-state index in [4.69, 9.17) is 16.3 Å². The highest BCUT2D eigenvalue weighted by molar-refractivity contribution is 7.99. The fraction of sp³-hybridized carbons (Fsp3) is 0.250. The first-order valence-corrected chi connectivity index (χ1v) is 10.2. The van der Waals surface area contributed by atoms with Crippen molar-refractivity contribution in [1.82, 2.24) is 14.8 Å². The van der Waals surface area contributed by atoms with Crippen molar-refractivity contribution < 1.29 is 13.9 Å². The van der Waals surface area contributed by atoms with Crippen LogP contribution in [0, 0.1) is 12.7 Å². The molecule has 1 aromatic heterocycles. The number of nitrogens with zero attached hydrogens (tertiary/aromatic N) is 3. The van der Waals surface area contributed by atoms with E-state index in [2.05, 4.69) is 15.5 Å². The minimum absolute atomic E-state index is 0.0565. The van der Waals surface area contributed by atoms with Crippen LogP contribution >= 0.6 is 23.4 Å². The highest BCUT2D eigenvalue weighted by Crippen LogP contribution is 2.25. The summed E-state index contributed by atoms with van der Waals surface area (Å²) in [6, 6.07) is 12.1. The first-order valence-electron chi connectivity index (χ1n) is 8.85. The molecule has 0 atom stereocenters. The Labute approximate surface area is 177 Å². The minimum atomic E-state index is -0.583. The van der Waals surface area contributed by atoms with Crippen LogP contribution in [0.25, 0.3) is 11.4 Å². The summed E-state index contributed by atoms with van der Waals surface area (Å²) in [6.45, 7) is 3.03. The monoisotopic (exact) mass is 434 g/mol. The molecule has 0 bridgehead atoms. The maximum atomic E-state index is 13.9. The number of hydrogen-bond acceptors (Lipinski definition) is 5. The molecule has 1 N–H and O–H groups in total. The molecule has 3 rings (SSSR count). The second-order valence-corrected chi connectivity index (χ2v) is 7.66. The Morgan fingerprint density at radius 3 is 2.83 bits per heavy atom. The Morgan fingerprint density at radius 2 is 2.10 bits per heavy atom. The molecule has 6 nitrogen and oxygen atoms in total. The Bertz CT molecular complexity index is 1010. The molecule has 3 aromatic rings. The maximum Gasteiger partial charge on any atom is 0.234 e. The fourth-order valence-corrected chi connectivity index (χ4v) is 3.61. The lowest BCUT2D eigenvalue weighted by atomic mass is 10.1. The summed E-state index contributed by atoms with van der Waals surface area (Å²) in [7, 11) is 1.62. The molecule has 1 heterocycles. The molecule has 0 fully saturated rings. The predicted molar refractivity (Wildman–Crippen MR) is 113 cm³/mol. The van der Waals surface area contributed by atoms with Crippen molar-refractivity contribution in [1.29, 1.82) is 0 Å². The first-order chi connectivity index (χ1) is 14.0. The number of hydrogen-bond donors (Lipinski definition) is 1. The summed E-state index contributed by atoms with van der Waals surface area (Å²) in [5, 5.41) is 11.9. The summed E-state index contributed by atoms with van der Waals surface area (Å²) >= 11 is 6.96. The van der Waals surface area contributed by atoms with Crippen molar-refractivity contribution in [2.24, 2.45) is 0 Å². The van der Waals surface area contributed by atoms with Crippen LogP contribution in [0.4, 0.5) is 10.1 Å². The molecule has 152 valence electrons. The van der Waals surface area contributed by atoms with Gasteiger partial charge in [0.2, 0.25) is 5.91 Å². The van der Waals surface area contributed by atoms with E-state index in [0.717, 1.165) is 17.2 Å². The van der Waals surface area contributed by atoms with Crippen LogP contribution in [0.5, 0.6) is 0 Å². The third-order valence-corrected chi connectivity index (χ3v) is 5.25. The zero-order valence-electron chi connectivity index (χ0n) is 16.0. The molecule has 0 aliphatic carbocycles. The average molecular weight is 435 g/mol. The molecule has 0 saturated carbocycles. The molecule has 2 aromatic carbocycles. The van der Waals surface area contributed by atoms with E-state index in [0.29, 0.717) is 24.1 Å². The van der Waals surface area contributed by atoms with Crippen LogP contribution in [0.2, 0.25) is 5.02 Å². The Morgan fingerprint density at radius 1 is 1.28 bits per heavy atom. The van der Waals surface area contributed by atoms with E-state index >= 15 is 0 Å². The first kappa shape index (κ1) is 21.3. The Balaban J connectivity index is 1.73. The third kappa shape index (κ3) is 5.56. The number of carbonyl (C=O) groups is 1. The van der Waals surface area contributed by atoms with Crippen molar-refractivity contribution in [3.05, 3.63) is 58.9 Å². The molecular weight excluding hydrogens is 415 g/mol. The number of anilines is 1. The SMILES string of the molecule is COCCn1c(SCC(=O)Nc2ccc(Cl)cc2F)nnc1-c1cccc(C)c1. The zero-order chi connectivity index (χ0) is 20.8. The Hall–Kier alpha value is -2.42. The molecule has 29 heavy (non-hydrogen) atoms. The lowest BCUT2D eigenvalue weighted by Crippen LogP contribution is -2.16. The number of rotatable bonds is 8. The lowest BCUT2D eigenvalue weighted by molar-refractivity contribution is -0.113. The molecular formula is C20H20ClFN4O2S.